The second-order valence-corrected chi connectivity index (χ2v) is 5.69. The van der Waals surface area contributed by atoms with E-state index in [4.69, 9.17) is 0 Å². The van der Waals surface area contributed by atoms with Crippen molar-refractivity contribution in [2.45, 2.75) is 26.7 Å². The van der Waals surface area contributed by atoms with Crippen molar-refractivity contribution in [2.75, 3.05) is 5.33 Å². The SMILES string of the molecule is CCC(C)C(CBr)Cc1ccc(Br)cc1. The molecule has 0 aliphatic rings. The van der Waals surface area contributed by atoms with Gasteiger partial charge < -0.3 is 0 Å². The second-order valence-electron chi connectivity index (χ2n) is 4.13. The maximum atomic E-state index is 3.62. The van der Waals surface area contributed by atoms with Crippen LogP contribution >= 0.6 is 31.9 Å². The van der Waals surface area contributed by atoms with E-state index in [1.54, 1.807) is 0 Å². The van der Waals surface area contributed by atoms with E-state index >= 15 is 0 Å². The summed E-state index contributed by atoms with van der Waals surface area (Å²) in [5.41, 5.74) is 1.43. The van der Waals surface area contributed by atoms with Crippen LogP contribution in [0.15, 0.2) is 28.7 Å². The molecule has 84 valence electrons. The molecule has 1 aromatic rings. The summed E-state index contributed by atoms with van der Waals surface area (Å²) >= 11 is 7.08. The molecule has 1 aromatic carbocycles. The van der Waals surface area contributed by atoms with Gasteiger partial charge in [-0.1, -0.05) is 64.3 Å². The highest BCUT2D eigenvalue weighted by Crippen LogP contribution is 2.23. The molecule has 15 heavy (non-hydrogen) atoms. The van der Waals surface area contributed by atoms with E-state index < -0.39 is 0 Å². The molecule has 0 N–H and O–H groups in total. The average molecular weight is 334 g/mol. The zero-order valence-corrected chi connectivity index (χ0v) is 12.5. The molecule has 0 radical (unpaired) electrons. The van der Waals surface area contributed by atoms with Crippen LogP contribution in [0.4, 0.5) is 0 Å². The topological polar surface area (TPSA) is 0 Å². The monoisotopic (exact) mass is 332 g/mol. The molecule has 0 aromatic heterocycles. The Labute approximate surface area is 110 Å². The lowest BCUT2D eigenvalue weighted by molar-refractivity contribution is 0.383. The van der Waals surface area contributed by atoms with Crippen LogP contribution in [0.3, 0.4) is 0 Å². The Bertz CT molecular complexity index is 279. The normalized spacial score (nSPS) is 14.9. The smallest absolute Gasteiger partial charge is 0.0175 e. The molecule has 1 rings (SSSR count). The van der Waals surface area contributed by atoms with Crippen molar-refractivity contribution >= 4 is 31.9 Å². The van der Waals surface area contributed by atoms with Crippen molar-refractivity contribution in [1.82, 2.24) is 0 Å². The lowest BCUT2D eigenvalue weighted by atomic mass is 9.88. The van der Waals surface area contributed by atoms with Crippen molar-refractivity contribution in [3.63, 3.8) is 0 Å². The highest BCUT2D eigenvalue weighted by atomic mass is 79.9. The Kier molecular flexibility index (Phi) is 5.91. The molecule has 2 atom stereocenters. The third kappa shape index (κ3) is 4.28. The van der Waals surface area contributed by atoms with Gasteiger partial charge >= 0.3 is 0 Å². The minimum atomic E-state index is 0.746. The van der Waals surface area contributed by atoms with Crippen molar-refractivity contribution in [1.29, 1.82) is 0 Å². The maximum absolute atomic E-state index is 3.62. The molecular weight excluding hydrogens is 316 g/mol. The molecule has 0 heterocycles. The fourth-order valence-electron chi connectivity index (χ4n) is 1.66. The van der Waals surface area contributed by atoms with Gasteiger partial charge in [0.15, 0.2) is 0 Å². The molecular formula is C13H18Br2. The summed E-state index contributed by atoms with van der Waals surface area (Å²) < 4.78 is 1.16. The molecule has 2 unspecified atom stereocenters. The fourth-order valence-corrected chi connectivity index (χ4v) is 2.80. The molecule has 0 saturated carbocycles. The minimum absolute atomic E-state index is 0.746. The number of alkyl halides is 1. The lowest BCUT2D eigenvalue weighted by Crippen LogP contribution is -2.15. The number of halogens is 2. The molecule has 2 heteroatoms. The van der Waals surface area contributed by atoms with Gasteiger partial charge in [0.2, 0.25) is 0 Å². The van der Waals surface area contributed by atoms with E-state index in [2.05, 4.69) is 70.0 Å². The molecule has 0 spiro atoms. The van der Waals surface area contributed by atoms with E-state index in [0.29, 0.717) is 0 Å². The quantitative estimate of drug-likeness (QED) is 0.661. The first-order chi connectivity index (χ1) is 7.17. The number of benzene rings is 1. The van der Waals surface area contributed by atoms with Gasteiger partial charge in [-0.05, 0) is 36.0 Å². The molecule has 0 aliphatic carbocycles. The summed E-state index contributed by atoms with van der Waals surface area (Å²) in [7, 11) is 0. The van der Waals surface area contributed by atoms with Crippen LogP contribution in [0, 0.1) is 11.8 Å². The third-order valence-electron chi connectivity index (χ3n) is 3.06. The van der Waals surface area contributed by atoms with Crippen LogP contribution in [0.5, 0.6) is 0 Å². The Balaban J connectivity index is 2.62. The van der Waals surface area contributed by atoms with Crippen LogP contribution in [0.25, 0.3) is 0 Å². The predicted octanol–water partition coefficient (Wildman–Crippen LogP) is 5.05. The van der Waals surface area contributed by atoms with Crippen LogP contribution in [0.2, 0.25) is 0 Å². The van der Waals surface area contributed by atoms with Gasteiger partial charge in [-0.2, -0.15) is 0 Å². The molecule has 0 fully saturated rings. The highest BCUT2D eigenvalue weighted by molar-refractivity contribution is 9.10. The summed E-state index contributed by atoms with van der Waals surface area (Å²) in [5.74, 6) is 1.53. The first-order valence-corrected chi connectivity index (χ1v) is 7.39. The number of hydrogen-bond acceptors (Lipinski definition) is 0. The minimum Gasteiger partial charge on any atom is -0.0925 e. The number of hydrogen-bond donors (Lipinski definition) is 0. The second kappa shape index (κ2) is 6.70. The molecule has 0 saturated heterocycles. The predicted molar refractivity (Wildman–Crippen MR) is 74.6 cm³/mol. The molecule has 0 aliphatic heterocycles. The molecule has 0 nitrogen and oxygen atoms in total. The average Bonchev–Trinajstić information content (AvgIpc) is 2.27. The van der Waals surface area contributed by atoms with Crippen molar-refractivity contribution in [2.24, 2.45) is 11.8 Å². The summed E-state index contributed by atoms with van der Waals surface area (Å²) in [6, 6.07) is 8.67. The summed E-state index contributed by atoms with van der Waals surface area (Å²) in [6.07, 6.45) is 2.43. The van der Waals surface area contributed by atoms with Crippen LogP contribution < -0.4 is 0 Å². The summed E-state index contributed by atoms with van der Waals surface area (Å²) in [6.45, 7) is 4.60. The van der Waals surface area contributed by atoms with Gasteiger partial charge in [-0.25, -0.2) is 0 Å². The van der Waals surface area contributed by atoms with Gasteiger partial charge in [0.1, 0.15) is 0 Å². The third-order valence-corrected chi connectivity index (χ3v) is 4.42. The fraction of sp³-hybridized carbons (Fsp3) is 0.538. The van der Waals surface area contributed by atoms with Gasteiger partial charge in [0.05, 0.1) is 0 Å². The van der Waals surface area contributed by atoms with Gasteiger partial charge in [-0.15, -0.1) is 0 Å². The van der Waals surface area contributed by atoms with Crippen molar-refractivity contribution in [3.05, 3.63) is 34.3 Å². The summed E-state index contributed by atoms with van der Waals surface area (Å²) in [5, 5.41) is 1.10. The van der Waals surface area contributed by atoms with E-state index in [9.17, 15) is 0 Å². The first-order valence-electron chi connectivity index (χ1n) is 5.47. The van der Waals surface area contributed by atoms with Crippen LogP contribution in [0.1, 0.15) is 25.8 Å². The first kappa shape index (κ1) is 13.2. The van der Waals surface area contributed by atoms with Gasteiger partial charge in [-0.3, -0.25) is 0 Å². The van der Waals surface area contributed by atoms with E-state index in [1.165, 1.54) is 18.4 Å². The molecule has 0 bridgehead atoms. The molecule has 0 amide bonds. The van der Waals surface area contributed by atoms with Crippen molar-refractivity contribution < 1.29 is 0 Å². The maximum Gasteiger partial charge on any atom is 0.0175 e. The Morgan fingerprint density at radius 1 is 1.20 bits per heavy atom. The van der Waals surface area contributed by atoms with Gasteiger partial charge in [0, 0.05) is 9.80 Å². The Morgan fingerprint density at radius 2 is 1.80 bits per heavy atom. The highest BCUT2D eigenvalue weighted by Gasteiger charge is 2.14. The van der Waals surface area contributed by atoms with E-state index in [1.807, 2.05) is 0 Å². The zero-order valence-electron chi connectivity index (χ0n) is 9.34. The largest absolute Gasteiger partial charge is 0.0925 e. The van der Waals surface area contributed by atoms with Crippen molar-refractivity contribution in [3.8, 4) is 0 Å². The summed E-state index contributed by atoms with van der Waals surface area (Å²) in [4.78, 5) is 0. The van der Waals surface area contributed by atoms with Gasteiger partial charge in [0.25, 0.3) is 0 Å². The Morgan fingerprint density at radius 3 is 2.27 bits per heavy atom. The number of rotatable bonds is 5. The van der Waals surface area contributed by atoms with E-state index in [-0.39, 0.29) is 0 Å². The van der Waals surface area contributed by atoms with Crippen LogP contribution in [-0.2, 0) is 6.42 Å². The zero-order chi connectivity index (χ0) is 11.3. The van der Waals surface area contributed by atoms with E-state index in [0.717, 1.165) is 21.6 Å². The van der Waals surface area contributed by atoms with Crippen LogP contribution in [-0.4, -0.2) is 5.33 Å². The standard InChI is InChI=1S/C13H18Br2/c1-3-10(2)12(9-14)8-11-4-6-13(15)7-5-11/h4-7,10,12H,3,8-9H2,1-2H3. The Hall–Kier alpha value is 0.180. The lowest BCUT2D eigenvalue weighted by Gasteiger charge is -2.20.